The molecule has 0 saturated heterocycles. The largest absolute Gasteiger partial charge is 0.490 e. The highest BCUT2D eigenvalue weighted by Crippen LogP contribution is 2.35. The van der Waals surface area contributed by atoms with E-state index in [2.05, 4.69) is 27.9 Å². The van der Waals surface area contributed by atoms with E-state index in [0.29, 0.717) is 41.0 Å². The lowest BCUT2D eigenvalue weighted by atomic mass is 10.1. The van der Waals surface area contributed by atoms with Crippen molar-refractivity contribution in [2.24, 2.45) is 0 Å². The van der Waals surface area contributed by atoms with Crippen LogP contribution in [0.25, 0.3) is 6.08 Å². The van der Waals surface area contributed by atoms with Crippen molar-refractivity contribution in [3.8, 4) is 17.6 Å². The van der Waals surface area contributed by atoms with Crippen LogP contribution in [0.4, 0.5) is 5.69 Å². The van der Waals surface area contributed by atoms with Gasteiger partial charge in [0.25, 0.3) is 5.91 Å². The SMILES string of the molecule is CCOc1cc(/C=C(/C#N)C(=O)Nc2ccc(Cl)cc2)cc(I)c1OCC. The van der Waals surface area contributed by atoms with Crippen LogP contribution in [0, 0.1) is 14.9 Å². The number of rotatable bonds is 7. The quantitative estimate of drug-likeness (QED) is 0.321. The number of anilines is 1. The van der Waals surface area contributed by atoms with Crippen LogP contribution < -0.4 is 14.8 Å². The molecule has 0 aromatic heterocycles. The molecule has 0 fully saturated rings. The molecule has 2 aromatic rings. The second-order valence-corrected chi connectivity index (χ2v) is 6.93. The first-order chi connectivity index (χ1) is 13.0. The first-order valence-electron chi connectivity index (χ1n) is 8.26. The van der Waals surface area contributed by atoms with Crippen molar-refractivity contribution < 1.29 is 14.3 Å². The number of amides is 1. The molecule has 0 aliphatic carbocycles. The lowest BCUT2D eigenvalue weighted by molar-refractivity contribution is -0.112. The van der Waals surface area contributed by atoms with Crippen LogP contribution in [-0.4, -0.2) is 19.1 Å². The topological polar surface area (TPSA) is 71.3 Å². The molecular formula is C20H18ClIN2O3. The maximum atomic E-state index is 12.4. The Hall–Kier alpha value is -2.24. The first kappa shape index (κ1) is 21.1. The number of halogens is 2. The third-order valence-electron chi connectivity index (χ3n) is 3.40. The fourth-order valence-electron chi connectivity index (χ4n) is 2.27. The zero-order valence-electron chi connectivity index (χ0n) is 14.9. The van der Waals surface area contributed by atoms with Crippen LogP contribution in [0.2, 0.25) is 5.02 Å². The molecule has 0 radical (unpaired) electrons. The van der Waals surface area contributed by atoms with Crippen LogP contribution >= 0.6 is 34.2 Å². The van der Waals surface area contributed by atoms with Crippen molar-refractivity contribution in [2.45, 2.75) is 13.8 Å². The molecule has 0 aliphatic heterocycles. The molecule has 5 nitrogen and oxygen atoms in total. The number of nitrogens with zero attached hydrogens (tertiary/aromatic N) is 1. The van der Waals surface area contributed by atoms with Gasteiger partial charge in [-0.2, -0.15) is 5.26 Å². The monoisotopic (exact) mass is 496 g/mol. The Balaban J connectivity index is 2.31. The standard InChI is InChI=1S/C20H18ClIN2O3/c1-3-26-18-11-13(10-17(22)19(18)27-4-2)9-14(12-23)20(25)24-16-7-5-15(21)6-8-16/h5-11H,3-4H2,1-2H3,(H,24,25)/b14-9-. The number of hydrogen-bond donors (Lipinski definition) is 1. The molecule has 27 heavy (non-hydrogen) atoms. The van der Waals surface area contributed by atoms with Gasteiger partial charge in [-0.3, -0.25) is 4.79 Å². The minimum atomic E-state index is -0.498. The Labute approximate surface area is 177 Å². The highest BCUT2D eigenvalue weighted by molar-refractivity contribution is 14.1. The van der Waals surface area contributed by atoms with E-state index < -0.39 is 5.91 Å². The highest BCUT2D eigenvalue weighted by atomic mass is 127. The molecule has 0 unspecified atom stereocenters. The summed E-state index contributed by atoms with van der Waals surface area (Å²) in [5, 5.41) is 12.6. The fourth-order valence-corrected chi connectivity index (χ4v) is 3.17. The van der Waals surface area contributed by atoms with E-state index in [4.69, 9.17) is 21.1 Å². The van der Waals surface area contributed by atoms with Gasteiger partial charge in [0.05, 0.1) is 16.8 Å². The van der Waals surface area contributed by atoms with Gasteiger partial charge >= 0.3 is 0 Å². The smallest absolute Gasteiger partial charge is 0.266 e. The van der Waals surface area contributed by atoms with Crippen molar-refractivity contribution in [3.05, 3.63) is 56.1 Å². The van der Waals surface area contributed by atoms with E-state index in [0.717, 1.165) is 3.57 Å². The zero-order chi connectivity index (χ0) is 19.8. The lowest BCUT2D eigenvalue weighted by Crippen LogP contribution is -2.13. The van der Waals surface area contributed by atoms with Gasteiger partial charge in [-0.05, 0) is 84.5 Å². The molecule has 140 valence electrons. The third-order valence-corrected chi connectivity index (χ3v) is 4.45. The predicted octanol–water partition coefficient (Wildman–Crippen LogP) is 5.29. The maximum absolute atomic E-state index is 12.4. The summed E-state index contributed by atoms with van der Waals surface area (Å²) < 4.78 is 12.1. The summed E-state index contributed by atoms with van der Waals surface area (Å²) in [6.07, 6.45) is 1.52. The van der Waals surface area contributed by atoms with Gasteiger partial charge in [0.15, 0.2) is 11.5 Å². The van der Waals surface area contributed by atoms with Crippen LogP contribution in [-0.2, 0) is 4.79 Å². The van der Waals surface area contributed by atoms with Gasteiger partial charge in [-0.1, -0.05) is 11.6 Å². The summed E-state index contributed by atoms with van der Waals surface area (Å²) in [6, 6.07) is 12.2. The first-order valence-corrected chi connectivity index (χ1v) is 9.72. The average Bonchev–Trinajstić information content (AvgIpc) is 2.64. The highest BCUT2D eigenvalue weighted by Gasteiger charge is 2.14. The van der Waals surface area contributed by atoms with Crippen molar-refractivity contribution in [1.82, 2.24) is 0 Å². The van der Waals surface area contributed by atoms with Gasteiger partial charge in [0.1, 0.15) is 11.6 Å². The number of ether oxygens (including phenoxy) is 2. The molecule has 7 heteroatoms. The molecular weight excluding hydrogens is 479 g/mol. The molecule has 0 spiro atoms. The van der Waals surface area contributed by atoms with Crippen LogP contribution in [0.1, 0.15) is 19.4 Å². The van der Waals surface area contributed by atoms with Gasteiger partial charge in [0.2, 0.25) is 0 Å². The molecule has 1 amide bonds. The van der Waals surface area contributed by atoms with E-state index in [1.807, 2.05) is 26.0 Å². The molecule has 1 N–H and O–H groups in total. The van der Waals surface area contributed by atoms with Crippen molar-refractivity contribution in [3.63, 3.8) is 0 Å². The van der Waals surface area contributed by atoms with E-state index in [1.165, 1.54) is 6.08 Å². The molecule has 0 bridgehead atoms. The number of benzene rings is 2. The van der Waals surface area contributed by atoms with Gasteiger partial charge in [-0.15, -0.1) is 0 Å². The Morgan fingerprint density at radius 1 is 1.22 bits per heavy atom. The number of nitriles is 1. The van der Waals surface area contributed by atoms with Crippen LogP contribution in [0.5, 0.6) is 11.5 Å². The Bertz CT molecular complexity index is 889. The molecule has 2 rings (SSSR count). The number of hydrogen-bond acceptors (Lipinski definition) is 4. The predicted molar refractivity (Wildman–Crippen MR) is 115 cm³/mol. The molecule has 0 aliphatic rings. The zero-order valence-corrected chi connectivity index (χ0v) is 17.8. The second kappa shape index (κ2) is 10.2. The summed E-state index contributed by atoms with van der Waals surface area (Å²) in [5.41, 5.74) is 1.21. The minimum Gasteiger partial charge on any atom is -0.490 e. The van der Waals surface area contributed by atoms with E-state index >= 15 is 0 Å². The Morgan fingerprint density at radius 2 is 1.89 bits per heavy atom. The van der Waals surface area contributed by atoms with E-state index in [9.17, 15) is 10.1 Å². The Kier molecular flexibility index (Phi) is 7.95. The maximum Gasteiger partial charge on any atom is 0.266 e. The van der Waals surface area contributed by atoms with Gasteiger partial charge in [0, 0.05) is 10.7 Å². The second-order valence-electron chi connectivity index (χ2n) is 5.33. The van der Waals surface area contributed by atoms with Crippen molar-refractivity contribution in [2.75, 3.05) is 18.5 Å². The number of carbonyl (C=O) groups is 1. The number of carbonyl (C=O) groups excluding carboxylic acids is 1. The molecule has 0 heterocycles. The van der Waals surface area contributed by atoms with Gasteiger partial charge < -0.3 is 14.8 Å². The van der Waals surface area contributed by atoms with E-state index in [-0.39, 0.29) is 5.57 Å². The van der Waals surface area contributed by atoms with Crippen molar-refractivity contribution in [1.29, 1.82) is 5.26 Å². The summed E-state index contributed by atoms with van der Waals surface area (Å²) in [5.74, 6) is 0.732. The van der Waals surface area contributed by atoms with Crippen LogP contribution in [0.15, 0.2) is 42.0 Å². The summed E-state index contributed by atoms with van der Waals surface area (Å²) >= 11 is 7.98. The van der Waals surface area contributed by atoms with Crippen LogP contribution in [0.3, 0.4) is 0 Å². The Morgan fingerprint density at radius 3 is 2.48 bits per heavy atom. The number of nitrogens with one attached hydrogen (secondary N) is 1. The minimum absolute atomic E-state index is 0.0210. The summed E-state index contributed by atoms with van der Waals surface area (Å²) in [6.45, 7) is 4.77. The molecule has 2 aromatic carbocycles. The summed E-state index contributed by atoms with van der Waals surface area (Å²) in [7, 11) is 0. The third kappa shape index (κ3) is 5.88. The average molecular weight is 497 g/mol. The fraction of sp³-hybridized carbons (Fsp3) is 0.200. The summed E-state index contributed by atoms with van der Waals surface area (Å²) in [4.78, 5) is 12.4. The van der Waals surface area contributed by atoms with Crippen molar-refractivity contribution >= 4 is 51.9 Å². The van der Waals surface area contributed by atoms with E-state index in [1.54, 1.807) is 30.3 Å². The molecule has 0 atom stereocenters. The molecule has 0 saturated carbocycles. The van der Waals surface area contributed by atoms with Gasteiger partial charge in [-0.25, -0.2) is 0 Å². The lowest BCUT2D eigenvalue weighted by Gasteiger charge is -2.13. The normalized spacial score (nSPS) is 10.9.